The lowest BCUT2D eigenvalue weighted by Gasteiger charge is -2.34. The molecule has 3 fully saturated rings. The Kier molecular flexibility index (Phi) is 7.64. The SMILES string of the molecule is CC(C)(C)c1cc(N(C(=O)[C@H]2CC[C@H](C)CC2)[C@H]2CCN(C(=O)O[C@H]3CNC(=O)C3)C2)c(C(=O)O)s1. The summed E-state index contributed by atoms with van der Waals surface area (Å²) in [7, 11) is 0. The number of nitrogens with one attached hydrogen (secondary N) is 1. The third-order valence-electron chi connectivity index (χ3n) is 7.50. The maximum atomic E-state index is 14.0. The number of hydrogen-bond acceptors (Lipinski definition) is 6. The Hall–Kier alpha value is -2.62. The summed E-state index contributed by atoms with van der Waals surface area (Å²) in [5, 5.41) is 12.7. The van der Waals surface area contributed by atoms with Crippen LogP contribution in [0.15, 0.2) is 6.07 Å². The highest BCUT2D eigenvalue weighted by Gasteiger charge is 2.41. The number of carboxylic acid groups (broad SMARTS) is 1. The first-order chi connectivity index (χ1) is 16.9. The van der Waals surface area contributed by atoms with E-state index < -0.39 is 18.2 Å². The summed E-state index contributed by atoms with van der Waals surface area (Å²) in [5.74, 6) is -0.808. The molecule has 0 radical (unpaired) electrons. The van der Waals surface area contributed by atoms with Crippen LogP contribution in [0.2, 0.25) is 0 Å². The smallest absolute Gasteiger partial charge is 0.410 e. The molecule has 2 aliphatic heterocycles. The van der Waals surface area contributed by atoms with E-state index in [1.165, 1.54) is 11.3 Å². The lowest BCUT2D eigenvalue weighted by molar-refractivity contribution is -0.124. The fourth-order valence-electron chi connectivity index (χ4n) is 5.28. The van der Waals surface area contributed by atoms with Crippen LogP contribution in [0.1, 0.15) is 80.8 Å². The van der Waals surface area contributed by atoms with Gasteiger partial charge in [-0.1, -0.05) is 27.7 Å². The number of hydrogen-bond donors (Lipinski definition) is 2. The molecular weight excluding hydrogens is 482 g/mol. The van der Waals surface area contributed by atoms with E-state index >= 15 is 0 Å². The number of nitrogens with zero attached hydrogens (tertiary/aromatic N) is 2. The van der Waals surface area contributed by atoms with Gasteiger partial charge in [-0.05, 0) is 49.5 Å². The Bertz CT molecular complexity index is 1020. The lowest BCUT2D eigenvalue weighted by Crippen LogP contribution is -2.47. The quantitative estimate of drug-likeness (QED) is 0.607. The van der Waals surface area contributed by atoms with Crippen molar-refractivity contribution < 1.29 is 29.0 Å². The minimum absolute atomic E-state index is 0.0477. The molecule has 1 aromatic rings. The van der Waals surface area contributed by atoms with Crippen molar-refractivity contribution in [3.05, 3.63) is 15.8 Å². The van der Waals surface area contributed by atoms with E-state index in [4.69, 9.17) is 4.74 Å². The second kappa shape index (κ2) is 10.4. The first-order valence-corrected chi connectivity index (χ1v) is 13.7. The normalized spacial score (nSPS) is 26.6. The summed E-state index contributed by atoms with van der Waals surface area (Å²) < 4.78 is 5.51. The van der Waals surface area contributed by atoms with Gasteiger partial charge in [-0.3, -0.25) is 9.59 Å². The maximum Gasteiger partial charge on any atom is 0.410 e. The number of carbonyl (C=O) groups excluding carboxylic acids is 3. The highest BCUT2D eigenvalue weighted by molar-refractivity contribution is 7.14. The Morgan fingerprint density at radius 2 is 1.86 bits per heavy atom. The van der Waals surface area contributed by atoms with Gasteiger partial charge in [0.15, 0.2) is 0 Å². The molecule has 2 saturated heterocycles. The van der Waals surface area contributed by atoms with Gasteiger partial charge < -0.3 is 25.0 Å². The van der Waals surface area contributed by atoms with Crippen molar-refractivity contribution in [1.82, 2.24) is 10.2 Å². The molecule has 1 aliphatic carbocycles. The van der Waals surface area contributed by atoms with Crippen LogP contribution in [0, 0.1) is 11.8 Å². The average molecular weight is 520 g/mol. The molecule has 1 aromatic heterocycles. The van der Waals surface area contributed by atoms with Gasteiger partial charge in [0.25, 0.3) is 0 Å². The fraction of sp³-hybridized carbons (Fsp3) is 0.692. The number of thiophene rings is 1. The first-order valence-electron chi connectivity index (χ1n) is 12.9. The van der Waals surface area contributed by atoms with Crippen molar-refractivity contribution in [2.75, 3.05) is 24.5 Å². The van der Waals surface area contributed by atoms with Crippen molar-refractivity contribution in [2.45, 2.75) is 83.8 Å². The summed E-state index contributed by atoms with van der Waals surface area (Å²) in [6.45, 7) is 9.25. The summed E-state index contributed by atoms with van der Waals surface area (Å²) in [6, 6.07) is 1.52. The molecule has 36 heavy (non-hydrogen) atoms. The lowest BCUT2D eigenvalue weighted by atomic mass is 9.82. The zero-order valence-corrected chi connectivity index (χ0v) is 22.4. The Morgan fingerprint density at radius 3 is 2.44 bits per heavy atom. The molecule has 3 amide bonds. The molecule has 0 spiro atoms. The van der Waals surface area contributed by atoms with Gasteiger partial charge in [0.2, 0.25) is 11.8 Å². The van der Waals surface area contributed by atoms with E-state index in [0.29, 0.717) is 31.1 Å². The molecule has 4 rings (SSSR count). The van der Waals surface area contributed by atoms with Gasteiger partial charge in [-0.25, -0.2) is 9.59 Å². The second-order valence-electron chi connectivity index (χ2n) is 11.4. The molecule has 10 heteroatoms. The van der Waals surface area contributed by atoms with Crippen LogP contribution >= 0.6 is 11.3 Å². The molecule has 3 aliphatic rings. The topological polar surface area (TPSA) is 116 Å². The zero-order chi connectivity index (χ0) is 26.2. The van der Waals surface area contributed by atoms with Gasteiger partial charge in [0, 0.05) is 23.9 Å². The molecule has 198 valence electrons. The predicted molar refractivity (Wildman–Crippen MR) is 136 cm³/mol. The Balaban J connectivity index is 1.60. The zero-order valence-electron chi connectivity index (χ0n) is 21.5. The van der Waals surface area contributed by atoms with E-state index in [-0.39, 0.29) is 47.0 Å². The van der Waals surface area contributed by atoms with E-state index in [9.17, 15) is 24.3 Å². The Morgan fingerprint density at radius 1 is 1.17 bits per heavy atom. The van der Waals surface area contributed by atoms with E-state index in [2.05, 4.69) is 12.2 Å². The van der Waals surface area contributed by atoms with Crippen LogP contribution in [0.3, 0.4) is 0 Å². The van der Waals surface area contributed by atoms with Crippen LogP contribution in [0.5, 0.6) is 0 Å². The number of anilines is 1. The minimum Gasteiger partial charge on any atom is -0.477 e. The molecule has 1 saturated carbocycles. The number of likely N-dealkylation sites (tertiary alicyclic amines) is 1. The molecule has 2 atom stereocenters. The standard InChI is InChI=1S/C26H37N3O6S/c1-15-5-7-16(8-6-15)23(31)29(19-12-20(26(2,3)4)36-22(19)24(32)33)17-9-10-28(14-17)25(34)35-18-11-21(30)27-13-18/h12,15-18H,5-11,13-14H2,1-4H3,(H,27,30)(H,32,33)/t15-,16-,17-,18+/m0/s1. The highest BCUT2D eigenvalue weighted by Crippen LogP contribution is 2.41. The summed E-state index contributed by atoms with van der Waals surface area (Å²) in [4.78, 5) is 54.8. The molecule has 3 heterocycles. The molecule has 9 nitrogen and oxygen atoms in total. The van der Waals surface area contributed by atoms with Crippen LogP contribution in [0.25, 0.3) is 0 Å². The van der Waals surface area contributed by atoms with Gasteiger partial charge >= 0.3 is 12.1 Å². The van der Waals surface area contributed by atoms with Crippen molar-refractivity contribution in [3.63, 3.8) is 0 Å². The van der Waals surface area contributed by atoms with E-state index in [1.807, 2.05) is 26.8 Å². The summed E-state index contributed by atoms with van der Waals surface area (Å²) in [6.07, 6.45) is 3.22. The summed E-state index contributed by atoms with van der Waals surface area (Å²) >= 11 is 1.22. The number of rotatable bonds is 5. The van der Waals surface area contributed by atoms with Crippen LogP contribution in [-0.4, -0.2) is 65.7 Å². The van der Waals surface area contributed by atoms with Gasteiger partial charge in [-0.15, -0.1) is 11.3 Å². The van der Waals surface area contributed by atoms with Crippen LogP contribution < -0.4 is 10.2 Å². The van der Waals surface area contributed by atoms with Crippen molar-refractivity contribution >= 4 is 40.9 Å². The molecule has 0 aromatic carbocycles. The van der Waals surface area contributed by atoms with Crippen molar-refractivity contribution in [2.24, 2.45) is 11.8 Å². The van der Waals surface area contributed by atoms with E-state index in [1.54, 1.807) is 9.80 Å². The molecule has 2 N–H and O–H groups in total. The number of amides is 3. The molecule has 0 unspecified atom stereocenters. The third kappa shape index (κ3) is 5.68. The average Bonchev–Trinajstić information content (AvgIpc) is 3.54. The van der Waals surface area contributed by atoms with Gasteiger partial charge in [-0.2, -0.15) is 0 Å². The fourth-order valence-corrected chi connectivity index (χ4v) is 6.33. The monoisotopic (exact) mass is 519 g/mol. The number of carboxylic acids is 1. The highest BCUT2D eigenvalue weighted by atomic mass is 32.1. The minimum atomic E-state index is -1.05. The Labute approximate surface area is 216 Å². The van der Waals surface area contributed by atoms with Crippen molar-refractivity contribution in [1.29, 1.82) is 0 Å². The van der Waals surface area contributed by atoms with Gasteiger partial charge in [0.05, 0.1) is 24.7 Å². The number of ether oxygens (including phenoxy) is 1. The third-order valence-corrected chi connectivity index (χ3v) is 9.04. The van der Waals surface area contributed by atoms with Gasteiger partial charge in [0.1, 0.15) is 11.0 Å². The second-order valence-corrected chi connectivity index (χ2v) is 12.5. The van der Waals surface area contributed by atoms with E-state index in [0.717, 1.165) is 30.6 Å². The number of aromatic carboxylic acids is 1. The number of carbonyl (C=O) groups is 4. The van der Waals surface area contributed by atoms with Crippen LogP contribution in [-0.2, 0) is 19.7 Å². The largest absolute Gasteiger partial charge is 0.477 e. The molecule has 0 bridgehead atoms. The predicted octanol–water partition coefficient (Wildman–Crippen LogP) is 4.00. The maximum absolute atomic E-state index is 14.0. The van der Waals surface area contributed by atoms with Crippen LogP contribution in [0.4, 0.5) is 10.5 Å². The first kappa shape index (κ1) is 26.4. The van der Waals surface area contributed by atoms with Crippen molar-refractivity contribution in [3.8, 4) is 0 Å². The summed E-state index contributed by atoms with van der Waals surface area (Å²) in [5.41, 5.74) is 0.173. The molecular formula is C26H37N3O6S.